The van der Waals surface area contributed by atoms with Crippen LogP contribution in [0.15, 0.2) is 54.7 Å². The highest BCUT2D eigenvalue weighted by Gasteiger charge is 2.28. The number of methoxy groups -OCH3 is 1. The number of fused-ring (bicyclic) bond motifs is 1. The summed E-state index contributed by atoms with van der Waals surface area (Å²) in [6.45, 7) is 1.73. The summed E-state index contributed by atoms with van der Waals surface area (Å²) in [5, 5.41) is 10.8. The van der Waals surface area contributed by atoms with Crippen LogP contribution in [0, 0.1) is 10.1 Å². The van der Waals surface area contributed by atoms with E-state index in [2.05, 4.69) is 27.5 Å². The van der Waals surface area contributed by atoms with Gasteiger partial charge >= 0.3 is 0 Å². The third kappa shape index (κ3) is 3.73. The number of imidazole rings is 1. The predicted molar refractivity (Wildman–Crippen MR) is 97.1 cm³/mol. The van der Waals surface area contributed by atoms with Crippen LogP contribution in [0.4, 0.5) is 5.69 Å². The molecule has 0 unspecified atom stereocenters. The fourth-order valence-electron chi connectivity index (χ4n) is 3.56. The molecule has 6 nitrogen and oxygen atoms in total. The Morgan fingerprint density at radius 1 is 1.15 bits per heavy atom. The Morgan fingerprint density at radius 2 is 1.85 bits per heavy atom. The molecule has 0 saturated heterocycles. The normalized spacial score (nSPS) is 12.3. The first kappa shape index (κ1) is 19.1. The number of rotatable bonds is 5. The molecule has 1 aliphatic rings. The van der Waals surface area contributed by atoms with Gasteiger partial charge in [-0.1, -0.05) is 0 Å². The molecule has 3 aromatic rings. The molecule has 0 N–H and O–H groups in total. The molecule has 7 heteroatoms. The predicted octanol–water partition coefficient (Wildman–Crippen LogP) is 0.358. The highest BCUT2D eigenvalue weighted by Crippen LogP contribution is 2.26. The molecule has 1 aromatic heterocycles. The highest BCUT2D eigenvalue weighted by molar-refractivity contribution is 5.60. The standard InChI is InChI=1S/C20H20N3O3.BrH/c1-26-18-10-6-16(7-11-18)19-14-21(20-3-2-12-22(19)20)13-15-4-8-17(9-5-15)23(24)25;/h4-11,14H,2-3,12-13H2,1H3;1H/q+1;/p-1. The lowest BCUT2D eigenvalue weighted by molar-refractivity contribution is -0.694. The first-order valence-corrected chi connectivity index (χ1v) is 8.65. The number of ether oxygens (including phenoxy) is 1. The average Bonchev–Trinajstić information content (AvgIpc) is 3.26. The fourth-order valence-corrected chi connectivity index (χ4v) is 3.56. The number of nitro groups is 1. The minimum atomic E-state index is -0.366. The van der Waals surface area contributed by atoms with Crippen LogP contribution in [0.1, 0.15) is 17.8 Å². The third-order valence-corrected chi connectivity index (χ3v) is 4.88. The molecule has 0 radical (unpaired) electrons. The van der Waals surface area contributed by atoms with Gasteiger partial charge in [-0.2, -0.15) is 0 Å². The zero-order valence-corrected chi connectivity index (χ0v) is 16.6. The smallest absolute Gasteiger partial charge is 0.269 e. The van der Waals surface area contributed by atoms with E-state index in [0.29, 0.717) is 6.54 Å². The maximum Gasteiger partial charge on any atom is 0.269 e. The highest BCUT2D eigenvalue weighted by atomic mass is 79.9. The van der Waals surface area contributed by atoms with Gasteiger partial charge < -0.3 is 21.7 Å². The molecule has 0 saturated carbocycles. The van der Waals surface area contributed by atoms with E-state index in [9.17, 15) is 10.1 Å². The van der Waals surface area contributed by atoms with Gasteiger partial charge in [0.2, 0.25) is 0 Å². The number of benzene rings is 2. The molecular formula is C20H20BrN3O3. The van der Waals surface area contributed by atoms with Crippen LogP contribution >= 0.6 is 0 Å². The van der Waals surface area contributed by atoms with Crippen molar-refractivity contribution < 1.29 is 31.2 Å². The maximum atomic E-state index is 10.8. The molecule has 2 aromatic carbocycles. The Labute approximate surface area is 167 Å². The molecule has 2 heterocycles. The van der Waals surface area contributed by atoms with Crippen LogP contribution in [-0.2, 0) is 19.5 Å². The van der Waals surface area contributed by atoms with Gasteiger partial charge in [-0.05, 0) is 48.4 Å². The first-order chi connectivity index (χ1) is 12.7. The number of non-ortho nitro benzene ring substituents is 1. The monoisotopic (exact) mass is 429 g/mol. The van der Waals surface area contributed by atoms with Crippen molar-refractivity contribution in [1.29, 1.82) is 0 Å². The van der Waals surface area contributed by atoms with Crippen molar-refractivity contribution in [1.82, 2.24) is 4.57 Å². The van der Waals surface area contributed by atoms with E-state index >= 15 is 0 Å². The van der Waals surface area contributed by atoms with E-state index in [1.165, 1.54) is 11.5 Å². The van der Waals surface area contributed by atoms with Gasteiger partial charge in [0.05, 0.1) is 25.0 Å². The molecule has 4 rings (SSSR count). The first-order valence-electron chi connectivity index (χ1n) is 8.65. The summed E-state index contributed by atoms with van der Waals surface area (Å²) in [6, 6.07) is 14.9. The number of nitrogens with zero attached hydrogens (tertiary/aromatic N) is 3. The van der Waals surface area contributed by atoms with E-state index in [1.807, 2.05) is 24.3 Å². The number of hydrogen-bond acceptors (Lipinski definition) is 3. The number of hydrogen-bond donors (Lipinski definition) is 0. The average molecular weight is 430 g/mol. The molecule has 140 valence electrons. The maximum absolute atomic E-state index is 10.8. The molecule has 0 atom stereocenters. The van der Waals surface area contributed by atoms with Gasteiger partial charge in [0.25, 0.3) is 11.5 Å². The zero-order chi connectivity index (χ0) is 18.1. The molecule has 0 aliphatic carbocycles. The Bertz CT molecular complexity index is 950. The van der Waals surface area contributed by atoms with Crippen LogP contribution < -0.4 is 26.3 Å². The molecule has 1 aliphatic heterocycles. The lowest BCUT2D eigenvalue weighted by atomic mass is 10.1. The number of nitro benzene ring substituents is 1. The summed E-state index contributed by atoms with van der Waals surface area (Å²) < 4.78 is 9.87. The minimum absolute atomic E-state index is 0. The van der Waals surface area contributed by atoms with Crippen molar-refractivity contribution in [3.63, 3.8) is 0 Å². The van der Waals surface area contributed by atoms with E-state index in [4.69, 9.17) is 4.74 Å². The second-order valence-corrected chi connectivity index (χ2v) is 6.47. The molecule has 0 spiro atoms. The van der Waals surface area contributed by atoms with Crippen LogP contribution in [0.3, 0.4) is 0 Å². The van der Waals surface area contributed by atoms with Gasteiger partial charge in [-0.3, -0.25) is 10.1 Å². The Balaban J connectivity index is 0.00000210. The second-order valence-electron chi connectivity index (χ2n) is 6.47. The van der Waals surface area contributed by atoms with Gasteiger partial charge in [-0.25, -0.2) is 9.13 Å². The SMILES string of the molecule is COc1ccc(-c2c[n+](Cc3ccc([N+](=O)[O-])cc3)c3n2CCC3)cc1.[Br-]. The van der Waals surface area contributed by atoms with E-state index in [0.717, 1.165) is 36.3 Å². The van der Waals surface area contributed by atoms with Crippen molar-refractivity contribution in [2.75, 3.05) is 7.11 Å². The lowest BCUT2D eigenvalue weighted by Crippen LogP contribution is -3.00. The molecule has 0 fully saturated rings. The Morgan fingerprint density at radius 3 is 2.48 bits per heavy atom. The van der Waals surface area contributed by atoms with Crippen LogP contribution in [0.2, 0.25) is 0 Å². The van der Waals surface area contributed by atoms with Crippen molar-refractivity contribution in [2.24, 2.45) is 0 Å². The summed E-state index contributed by atoms with van der Waals surface area (Å²) in [5.74, 6) is 2.15. The van der Waals surface area contributed by atoms with Crippen LogP contribution in [0.25, 0.3) is 11.3 Å². The van der Waals surface area contributed by atoms with Gasteiger partial charge in [0, 0.05) is 17.7 Å². The summed E-state index contributed by atoms with van der Waals surface area (Å²) >= 11 is 0. The summed E-state index contributed by atoms with van der Waals surface area (Å²) in [6.07, 6.45) is 4.36. The van der Waals surface area contributed by atoms with Gasteiger partial charge in [0.15, 0.2) is 5.69 Å². The molecule has 27 heavy (non-hydrogen) atoms. The van der Waals surface area contributed by atoms with E-state index < -0.39 is 0 Å². The summed E-state index contributed by atoms with van der Waals surface area (Å²) in [5.41, 5.74) is 3.54. The Kier molecular flexibility index (Phi) is 5.60. The van der Waals surface area contributed by atoms with Crippen molar-refractivity contribution in [3.05, 3.63) is 76.2 Å². The lowest BCUT2D eigenvalue weighted by Gasteiger charge is -2.01. The van der Waals surface area contributed by atoms with Crippen molar-refractivity contribution in [3.8, 4) is 17.0 Å². The number of halogens is 1. The van der Waals surface area contributed by atoms with Crippen LogP contribution in [-0.4, -0.2) is 16.6 Å². The van der Waals surface area contributed by atoms with E-state index in [1.54, 1.807) is 19.2 Å². The van der Waals surface area contributed by atoms with Crippen molar-refractivity contribution in [2.45, 2.75) is 25.9 Å². The summed E-state index contributed by atoms with van der Waals surface area (Å²) in [7, 11) is 1.67. The van der Waals surface area contributed by atoms with Crippen molar-refractivity contribution >= 4 is 5.69 Å². The number of aromatic nitrogens is 2. The summed E-state index contributed by atoms with van der Waals surface area (Å²) in [4.78, 5) is 10.5. The molecular weight excluding hydrogens is 410 g/mol. The second kappa shape index (κ2) is 7.92. The molecule has 0 bridgehead atoms. The topological polar surface area (TPSA) is 61.2 Å². The van der Waals surface area contributed by atoms with Crippen LogP contribution in [0.5, 0.6) is 5.75 Å². The molecule has 0 amide bonds. The largest absolute Gasteiger partial charge is 1.00 e. The third-order valence-electron chi connectivity index (χ3n) is 4.88. The van der Waals surface area contributed by atoms with E-state index in [-0.39, 0.29) is 27.6 Å². The minimum Gasteiger partial charge on any atom is -1.00 e. The zero-order valence-electron chi connectivity index (χ0n) is 15.0. The quantitative estimate of drug-likeness (QED) is 0.334. The van der Waals surface area contributed by atoms with Gasteiger partial charge in [0.1, 0.15) is 18.5 Å². The van der Waals surface area contributed by atoms with Gasteiger partial charge in [-0.15, -0.1) is 0 Å². The Hall–Kier alpha value is -2.67. The fraction of sp³-hybridized carbons (Fsp3) is 0.250.